The minimum Gasteiger partial charge on any atom is -0.491 e. The number of ether oxygens (including phenoxy) is 3. The van der Waals surface area contributed by atoms with E-state index in [4.69, 9.17) is 14.2 Å². The Kier molecular flexibility index (Phi) is 2.57. The van der Waals surface area contributed by atoms with Gasteiger partial charge in [-0.3, -0.25) is 0 Å². The highest BCUT2D eigenvalue weighted by Crippen LogP contribution is 2.26. The Hall–Kier alpha value is -1.81. The van der Waals surface area contributed by atoms with Crippen LogP contribution in [0.15, 0.2) is 42.7 Å². The molecule has 0 bridgehead atoms. The van der Waals surface area contributed by atoms with Crippen LogP contribution in [0.25, 0.3) is 0 Å². The molecule has 0 N–H and O–H groups in total. The van der Waals surface area contributed by atoms with Gasteiger partial charge in [0.25, 0.3) is 0 Å². The van der Waals surface area contributed by atoms with Crippen molar-refractivity contribution in [1.82, 2.24) is 0 Å². The van der Waals surface area contributed by atoms with Gasteiger partial charge in [-0.2, -0.15) is 0 Å². The highest BCUT2D eigenvalue weighted by Gasteiger charge is 2.42. The number of fused-ring (bicyclic) bond motifs is 1. The average molecular weight is 232 g/mol. The summed E-state index contributed by atoms with van der Waals surface area (Å²) in [5, 5.41) is 0. The summed E-state index contributed by atoms with van der Waals surface area (Å²) in [6, 6.07) is 8.92. The predicted molar refractivity (Wildman–Crippen MR) is 59.4 cm³/mol. The standard InChI is InChI=1S/C13H12O4/c14-13(9-4-2-1-3-5-9)17-11-8-16-10-6-7-15-12(10)11/h1-7,10-12H,8H2/t10-,11-,12+/m1/s1. The van der Waals surface area contributed by atoms with Gasteiger partial charge in [-0.05, 0) is 18.2 Å². The molecule has 0 amide bonds. The lowest BCUT2D eigenvalue weighted by molar-refractivity contribution is -0.00146. The zero-order chi connectivity index (χ0) is 11.7. The Morgan fingerprint density at radius 1 is 1.29 bits per heavy atom. The van der Waals surface area contributed by atoms with Crippen molar-refractivity contribution in [3.8, 4) is 0 Å². The van der Waals surface area contributed by atoms with Crippen molar-refractivity contribution in [3.63, 3.8) is 0 Å². The molecule has 0 unspecified atom stereocenters. The molecule has 0 spiro atoms. The van der Waals surface area contributed by atoms with Crippen molar-refractivity contribution >= 4 is 5.97 Å². The number of hydrogen-bond donors (Lipinski definition) is 0. The van der Waals surface area contributed by atoms with Crippen molar-refractivity contribution in [2.24, 2.45) is 0 Å². The highest BCUT2D eigenvalue weighted by molar-refractivity contribution is 5.89. The summed E-state index contributed by atoms with van der Waals surface area (Å²) in [6.07, 6.45) is 2.83. The molecule has 0 aromatic heterocycles. The lowest BCUT2D eigenvalue weighted by atomic mass is 10.1. The van der Waals surface area contributed by atoms with Crippen LogP contribution in [0.1, 0.15) is 10.4 Å². The lowest BCUT2D eigenvalue weighted by Crippen LogP contribution is -2.32. The SMILES string of the molecule is O=C(O[C@@H]1CO[C@@H]2C=CO[C@@H]21)c1ccccc1. The number of carbonyl (C=O) groups is 1. The van der Waals surface area contributed by atoms with Crippen LogP contribution >= 0.6 is 0 Å². The van der Waals surface area contributed by atoms with E-state index in [1.54, 1.807) is 30.5 Å². The summed E-state index contributed by atoms with van der Waals surface area (Å²) in [4.78, 5) is 11.8. The molecule has 3 rings (SSSR count). The van der Waals surface area contributed by atoms with Crippen LogP contribution in [0.2, 0.25) is 0 Å². The number of rotatable bonds is 2. The van der Waals surface area contributed by atoms with Crippen LogP contribution in [0.4, 0.5) is 0 Å². The van der Waals surface area contributed by atoms with Gasteiger partial charge < -0.3 is 14.2 Å². The molecule has 2 heterocycles. The van der Waals surface area contributed by atoms with Crippen molar-refractivity contribution < 1.29 is 19.0 Å². The molecule has 1 aromatic rings. The first kappa shape index (κ1) is 10.4. The van der Waals surface area contributed by atoms with E-state index in [0.717, 1.165) is 0 Å². The van der Waals surface area contributed by atoms with Gasteiger partial charge in [0.05, 0.1) is 18.4 Å². The van der Waals surface area contributed by atoms with E-state index in [1.807, 2.05) is 12.1 Å². The Bertz CT molecular complexity index is 440. The van der Waals surface area contributed by atoms with Gasteiger partial charge in [-0.25, -0.2) is 4.79 Å². The summed E-state index contributed by atoms with van der Waals surface area (Å²) in [5.74, 6) is -0.338. The number of esters is 1. The zero-order valence-corrected chi connectivity index (χ0v) is 9.11. The molecule has 2 aliphatic rings. The maximum atomic E-state index is 11.8. The fourth-order valence-electron chi connectivity index (χ4n) is 2.03. The summed E-state index contributed by atoms with van der Waals surface area (Å²) in [5.41, 5.74) is 0.543. The van der Waals surface area contributed by atoms with E-state index >= 15 is 0 Å². The molecule has 2 aliphatic heterocycles. The maximum Gasteiger partial charge on any atom is 0.338 e. The Morgan fingerprint density at radius 3 is 2.94 bits per heavy atom. The van der Waals surface area contributed by atoms with E-state index in [9.17, 15) is 4.79 Å². The van der Waals surface area contributed by atoms with Gasteiger partial charge in [0.15, 0.2) is 12.2 Å². The van der Waals surface area contributed by atoms with E-state index < -0.39 is 0 Å². The van der Waals surface area contributed by atoms with E-state index in [2.05, 4.69) is 0 Å². The summed E-state index contributed by atoms with van der Waals surface area (Å²) in [7, 11) is 0. The molecule has 1 fully saturated rings. The maximum absolute atomic E-state index is 11.8. The van der Waals surface area contributed by atoms with Gasteiger partial charge in [-0.1, -0.05) is 18.2 Å². The van der Waals surface area contributed by atoms with Gasteiger partial charge in [0.2, 0.25) is 0 Å². The monoisotopic (exact) mass is 232 g/mol. The summed E-state index contributed by atoms with van der Waals surface area (Å²) in [6.45, 7) is 0.387. The molecule has 0 radical (unpaired) electrons. The molecule has 4 nitrogen and oxygen atoms in total. The van der Waals surface area contributed by atoms with Crippen LogP contribution < -0.4 is 0 Å². The van der Waals surface area contributed by atoms with Crippen LogP contribution in [-0.2, 0) is 14.2 Å². The predicted octanol–water partition coefficient (Wildman–Crippen LogP) is 1.52. The van der Waals surface area contributed by atoms with Gasteiger partial charge in [0, 0.05) is 0 Å². The van der Waals surface area contributed by atoms with Gasteiger partial charge in [0.1, 0.15) is 6.10 Å². The van der Waals surface area contributed by atoms with Crippen molar-refractivity contribution in [2.45, 2.75) is 18.3 Å². The number of benzene rings is 1. The van der Waals surface area contributed by atoms with Crippen molar-refractivity contribution in [1.29, 1.82) is 0 Å². The third-order valence-electron chi connectivity index (χ3n) is 2.92. The molecule has 3 atom stereocenters. The largest absolute Gasteiger partial charge is 0.491 e. The quantitative estimate of drug-likeness (QED) is 0.725. The third kappa shape index (κ3) is 1.91. The van der Waals surface area contributed by atoms with Gasteiger partial charge >= 0.3 is 5.97 Å². The second-order valence-corrected chi connectivity index (χ2v) is 4.04. The topological polar surface area (TPSA) is 44.8 Å². The molecule has 17 heavy (non-hydrogen) atoms. The first-order valence-electron chi connectivity index (χ1n) is 5.54. The lowest BCUT2D eigenvalue weighted by Gasteiger charge is -2.16. The van der Waals surface area contributed by atoms with Crippen LogP contribution in [0, 0.1) is 0 Å². The van der Waals surface area contributed by atoms with Gasteiger partial charge in [-0.15, -0.1) is 0 Å². The molecule has 4 heteroatoms. The molecule has 0 saturated carbocycles. The number of hydrogen-bond acceptors (Lipinski definition) is 4. The minimum absolute atomic E-state index is 0.0800. The van der Waals surface area contributed by atoms with E-state index in [0.29, 0.717) is 12.2 Å². The molecular formula is C13H12O4. The Balaban J connectivity index is 1.66. The van der Waals surface area contributed by atoms with Crippen LogP contribution in [0.5, 0.6) is 0 Å². The van der Waals surface area contributed by atoms with Crippen molar-refractivity contribution in [2.75, 3.05) is 6.61 Å². The minimum atomic E-state index is -0.338. The first-order valence-corrected chi connectivity index (χ1v) is 5.54. The van der Waals surface area contributed by atoms with Crippen molar-refractivity contribution in [3.05, 3.63) is 48.2 Å². The van der Waals surface area contributed by atoms with Crippen LogP contribution in [0.3, 0.4) is 0 Å². The third-order valence-corrected chi connectivity index (χ3v) is 2.92. The van der Waals surface area contributed by atoms with E-state index in [-0.39, 0.29) is 24.3 Å². The smallest absolute Gasteiger partial charge is 0.338 e. The molecule has 88 valence electrons. The normalized spacial score (nSPS) is 29.8. The van der Waals surface area contributed by atoms with E-state index in [1.165, 1.54) is 0 Å². The second kappa shape index (κ2) is 4.22. The molecular weight excluding hydrogens is 220 g/mol. The summed E-state index contributed by atoms with van der Waals surface area (Å²) < 4.78 is 16.2. The van der Waals surface area contributed by atoms with Crippen LogP contribution in [-0.4, -0.2) is 30.9 Å². The Morgan fingerprint density at radius 2 is 2.12 bits per heavy atom. The summed E-state index contributed by atoms with van der Waals surface area (Å²) >= 11 is 0. The molecule has 1 saturated heterocycles. The average Bonchev–Trinajstić information content (AvgIpc) is 2.95. The Labute approximate surface area is 98.8 Å². The zero-order valence-electron chi connectivity index (χ0n) is 9.11. The fraction of sp³-hybridized carbons (Fsp3) is 0.308. The number of carbonyl (C=O) groups excluding carboxylic acids is 1. The first-order chi connectivity index (χ1) is 8.34. The molecule has 1 aromatic carbocycles. The fourth-order valence-corrected chi connectivity index (χ4v) is 2.03. The second-order valence-electron chi connectivity index (χ2n) is 4.04. The molecule has 0 aliphatic carbocycles. The highest BCUT2D eigenvalue weighted by atomic mass is 16.6.